The Morgan fingerprint density at radius 1 is 0.854 bits per heavy atom. The van der Waals surface area contributed by atoms with Gasteiger partial charge in [0.15, 0.2) is 5.13 Å². The normalized spacial score (nSPS) is 12.8. The lowest BCUT2D eigenvalue weighted by Crippen LogP contribution is -2.29. The van der Waals surface area contributed by atoms with Crippen molar-refractivity contribution in [3.8, 4) is 22.4 Å². The summed E-state index contributed by atoms with van der Waals surface area (Å²) in [6.45, 7) is 2.53. The summed E-state index contributed by atoms with van der Waals surface area (Å²) >= 11 is 1.47. The van der Waals surface area contributed by atoms with Gasteiger partial charge in [0.05, 0.1) is 16.3 Å². The molecule has 0 saturated heterocycles. The summed E-state index contributed by atoms with van der Waals surface area (Å²) in [5.41, 5.74) is 6.27. The summed E-state index contributed by atoms with van der Waals surface area (Å²) in [5, 5.41) is 3.44. The van der Waals surface area contributed by atoms with Crippen molar-refractivity contribution in [1.29, 1.82) is 0 Å². The molecule has 0 aliphatic carbocycles. The van der Waals surface area contributed by atoms with Crippen molar-refractivity contribution in [3.05, 3.63) is 119 Å². The van der Waals surface area contributed by atoms with Crippen LogP contribution in [-0.2, 0) is 22.9 Å². The smallest absolute Gasteiger partial charge is 0.264 e. The van der Waals surface area contributed by atoms with Crippen molar-refractivity contribution in [2.45, 2.75) is 31.1 Å². The highest BCUT2D eigenvalue weighted by Gasteiger charge is 2.30. The van der Waals surface area contributed by atoms with Gasteiger partial charge in [-0.05, 0) is 59.9 Å². The van der Waals surface area contributed by atoms with E-state index in [4.69, 9.17) is 4.98 Å². The summed E-state index contributed by atoms with van der Waals surface area (Å²) in [6.07, 6.45) is 2.50. The van der Waals surface area contributed by atoms with Crippen LogP contribution in [0.2, 0.25) is 0 Å². The summed E-state index contributed by atoms with van der Waals surface area (Å²) < 4.78 is 28.1. The second-order valence-electron chi connectivity index (χ2n) is 9.92. The Labute approximate surface area is 244 Å². The standard InChI is InChI=1S/C33H29N3O3S2/c1-2-8-30-31(26-15-13-24(14-16-26)23-9-4-3-5-10-23)34-33(40-30)35-32(37)27-17-19-28(20-18-27)41(38,39)36-22-21-25-11-6-7-12-29(25)36/h3-7,9-20H,2,8,21-22H2,1H3,(H,34,35,37). The number of nitrogens with one attached hydrogen (secondary N) is 1. The van der Waals surface area contributed by atoms with E-state index in [2.05, 4.69) is 48.6 Å². The second kappa shape index (κ2) is 11.3. The number of anilines is 2. The lowest BCUT2D eigenvalue weighted by atomic mass is 10.0. The van der Waals surface area contributed by atoms with Crippen LogP contribution < -0.4 is 9.62 Å². The van der Waals surface area contributed by atoms with Crippen LogP contribution in [0.25, 0.3) is 22.4 Å². The van der Waals surface area contributed by atoms with Crippen LogP contribution in [-0.4, -0.2) is 25.9 Å². The second-order valence-corrected chi connectivity index (χ2v) is 12.9. The zero-order valence-corrected chi connectivity index (χ0v) is 24.2. The highest BCUT2D eigenvalue weighted by atomic mass is 32.2. The number of hydrogen-bond donors (Lipinski definition) is 1. The number of para-hydroxylation sites is 1. The molecule has 0 fully saturated rings. The number of carbonyl (C=O) groups excluding carboxylic acids is 1. The summed E-state index contributed by atoms with van der Waals surface area (Å²) in [5.74, 6) is -0.330. The molecular weight excluding hydrogens is 551 g/mol. The Balaban J connectivity index is 1.19. The third-order valence-electron chi connectivity index (χ3n) is 7.21. The van der Waals surface area contributed by atoms with Gasteiger partial charge in [-0.15, -0.1) is 11.3 Å². The molecule has 0 radical (unpaired) electrons. The maximum Gasteiger partial charge on any atom is 0.264 e. The number of thiazole rings is 1. The third kappa shape index (κ3) is 5.40. The highest BCUT2D eigenvalue weighted by Crippen LogP contribution is 2.35. The monoisotopic (exact) mass is 579 g/mol. The van der Waals surface area contributed by atoms with Crippen LogP contribution in [0, 0.1) is 0 Å². The number of amides is 1. The molecule has 1 aromatic heterocycles. The predicted octanol–water partition coefficient (Wildman–Crippen LogP) is 7.43. The number of hydrogen-bond acceptors (Lipinski definition) is 5. The molecule has 41 heavy (non-hydrogen) atoms. The van der Waals surface area contributed by atoms with E-state index in [1.807, 2.05) is 42.5 Å². The van der Waals surface area contributed by atoms with E-state index in [-0.39, 0.29) is 10.8 Å². The van der Waals surface area contributed by atoms with Crippen molar-refractivity contribution in [3.63, 3.8) is 0 Å². The van der Waals surface area contributed by atoms with Crippen molar-refractivity contribution < 1.29 is 13.2 Å². The zero-order chi connectivity index (χ0) is 28.4. The molecule has 4 aromatic carbocycles. The van der Waals surface area contributed by atoms with Gasteiger partial charge in [0.25, 0.3) is 15.9 Å². The van der Waals surface area contributed by atoms with Crippen LogP contribution in [0.1, 0.15) is 34.1 Å². The molecule has 6 rings (SSSR count). The zero-order valence-electron chi connectivity index (χ0n) is 22.6. The maximum absolute atomic E-state index is 13.3. The lowest BCUT2D eigenvalue weighted by molar-refractivity contribution is 0.102. The Bertz CT molecular complexity index is 1800. The molecule has 0 unspecified atom stereocenters. The summed E-state index contributed by atoms with van der Waals surface area (Å²) in [7, 11) is -3.72. The van der Waals surface area contributed by atoms with Crippen LogP contribution >= 0.6 is 11.3 Å². The molecule has 0 bridgehead atoms. The van der Waals surface area contributed by atoms with Gasteiger partial charge in [0, 0.05) is 22.5 Å². The molecule has 1 amide bonds. The van der Waals surface area contributed by atoms with Gasteiger partial charge in [0.1, 0.15) is 0 Å². The van der Waals surface area contributed by atoms with Gasteiger partial charge in [0.2, 0.25) is 0 Å². The van der Waals surface area contributed by atoms with E-state index >= 15 is 0 Å². The Hall–Kier alpha value is -4.27. The number of aryl methyl sites for hydroxylation is 1. The average Bonchev–Trinajstić information content (AvgIpc) is 3.62. The lowest BCUT2D eigenvalue weighted by Gasteiger charge is -2.19. The van der Waals surface area contributed by atoms with Gasteiger partial charge in [-0.1, -0.05) is 86.1 Å². The fourth-order valence-corrected chi connectivity index (χ4v) is 7.69. The van der Waals surface area contributed by atoms with Crippen molar-refractivity contribution in [2.24, 2.45) is 0 Å². The molecule has 5 aromatic rings. The van der Waals surface area contributed by atoms with Gasteiger partial charge in [-0.2, -0.15) is 0 Å². The SMILES string of the molecule is CCCc1sc(NC(=O)c2ccc(S(=O)(=O)N3CCc4ccccc43)cc2)nc1-c1ccc(-c2ccccc2)cc1. The minimum Gasteiger partial charge on any atom is -0.298 e. The highest BCUT2D eigenvalue weighted by molar-refractivity contribution is 7.92. The number of nitrogens with zero attached hydrogens (tertiary/aromatic N) is 2. The first kappa shape index (κ1) is 26.9. The number of carbonyl (C=O) groups is 1. The van der Waals surface area contributed by atoms with Crippen LogP contribution in [0.5, 0.6) is 0 Å². The summed E-state index contributed by atoms with van der Waals surface area (Å²) in [6, 6.07) is 32.2. The molecule has 8 heteroatoms. The molecule has 6 nitrogen and oxygen atoms in total. The average molecular weight is 580 g/mol. The maximum atomic E-state index is 13.3. The van der Waals surface area contributed by atoms with Gasteiger partial charge >= 0.3 is 0 Å². The van der Waals surface area contributed by atoms with Gasteiger partial charge in [-0.25, -0.2) is 13.4 Å². The third-order valence-corrected chi connectivity index (χ3v) is 10.1. The van der Waals surface area contributed by atoms with Crippen molar-refractivity contribution >= 4 is 38.1 Å². The molecule has 0 saturated carbocycles. The molecule has 0 spiro atoms. The fourth-order valence-electron chi connectivity index (χ4n) is 5.11. The fraction of sp³-hybridized carbons (Fsp3) is 0.152. The number of fused-ring (bicyclic) bond motifs is 1. The van der Waals surface area contributed by atoms with Crippen LogP contribution in [0.3, 0.4) is 0 Å². The quantitative estimate of drug-likeness (QED) is 0.207. The van der Waals surface area contributed by atoms with Crippen molar-refractivity contribution in [1.82, 2.24) is 4.98 Å². The van der Waals surface area contributed by atoms with Crippen LogP contribution in [0.15, 0.2) is 108 Å². The van der Waals surface area contributed by atoms with Crippen molar-refractivity contribution in [2.75, 3.05) is 16.2 Å². The van der Waals surface area contributed by atoms with Gasteiger partial charge < -0.3 is 0 Å². The van der Waals surface area contributed by atoms with E-state index in [0.29, 0.717) is 29.3 Å². The van der Waals surface area contributed by atoms with E-state index in [1.54, 1.807) is 12.1 Å². The number of aromatic nitrogens is 1. The molecule has 1 N–H and O–H groups in total. The Kier molecular flexibility index (Phi) is 7.43. The molecule has 1 aliphatic rings. The first-order valence-electron chi connectivity index (χ1n) is 13.6. The molecular formula is C33H29N3O3S2. The van der Waals surface area contributed by atoms with Crippen LogP contribution in [0.4, 0.5) is 10.8 Å². The number of rotatable bonds is 8. The molecule has 1 aliphatic heterocycles. The first-order chi connectivity index (χ1) is 19.9. The van der Waals surface area contributed by atoms with E-state index < -0.39 is 10.0 Å². The Morgan fingerprint density at radius 2 is 1.51 bits per heavy atom. The molecule has 2 heterocycles. The molecule has 206 valence electrons. The Morgan fingerprint density at radius 3 is 2.24 bits per heavy atom. The largest absolute Gasteiger partial charge is 0.298 e. The summed E-state index contributed by atoms with van der Waals surface area (Å²) in [4.78, 5) is 19.2. The van der Waals surface area contributed by atoms with E-state index in [9.17, 15) is 13.2 Å². The predicted molar refractivity (Wildman–Crippen MR) is 166 cm³/mol. The minimum absolute atomic E-state index is 0.159. The topological polar surface area (TPSA) is 79.4 Å². The number of benzene rings is 4. The first-order valence-corrected chi connectivity index (χ1v) is 15.9. The molecule has 0 atom stereocenters. The minimum atomic E-state index is -3.72. The number of sulfonamides is 1. The van der Waals surface area contributed by atoms with E-state index in [1.165, 1.54) is 27.8 Å². The van der Waals surface area contributed by atoms with E-state index in [0.717, 1.165) is 45.7 Å². The van der Waals surface area contributed by atoms with Gasteiger partial charge in [-0.3, -0.25) is 14.4 Å².